The second kappa shape index (κ2) is 2.09. The van der Waals surface area contributed by atoms with Crippen LogP contribution in [0.2, 0.25) is 0 Å². The minimum Gasteiger partial charge on any atom is -0.506 e. The van der Waals surface area contributed by atoms with Crippen molar-refractivity contribution in [1.29, 1.82) is 0 Å². The summed E-state index contributed by atoms with van der Waals surface area (Å²) in [6.45, 7) is 1.45. The number of aliphatic hydroxyl groups is 1. The summed E-state index contributed by atoms with van der Waals surface area (Å²) in [4.78, 5) is 20.3. The normalized spacial score (nSPS) is 24.9. The average molecular weight is 143 g/mol. The van der Waals surface area contributed by atoms with Crippen LogP contribution in [0.3, 0.4) is 0 Å². The molecule has 1 heterocycles. The van der Waals surface area contributed by atoms with Gasteiger partial charge in [0.05, 0.1) is 0 Å². The van der Waals surface area contributed by atoms with Gasteiger partial charge in [0, 0.05) is 0 Å². The number of hydrogen-bond acceptors (Lipinski definition) is 5. The van der Waals surface area contributed by atoms with E-state index >= 15 is 0 Å². The lowest BCUT2D eigenvalue weighted by molar-refractivity contribution is -0.139. The van der Waals surface area contributed by atoms with E-state index < -0.39 is 17.8 Å². The zero-order chi connectivity index (χ0) is 7.72. The molecule has 0 aromatic carbocycles. The Bertz CT molecular complexity index is 220. The minimum absolute atomic E-state index is 0.389. The molecule has 0 aromatic heterocycles. The van der Waals surface area contributed by atoms with Gasteiger partial charge in [-0.05, 0) is 12.1 Å². The van der Waals surface area contributed by atoms with E-state index in [-0.39, 0.29) is 5.76 Å². The van der Waals surface area contributed by atoms with Gasteiger partial charge >= 0.3 is 5.97 Å². The monoisotopic (exact) mass is 143 g/mol. The summed E-state index contributed by atoms with van der Waals surface area (Å²) in [6, 6.07) is 0. The van der Waals surface area contributed by atoms with Gasteiger partial charge in [-0.1, -0.05) is 0 Å². The Balaban J connectivity index is 3.01. The molecule has 5 nitrogen and oxygen atoms in total. The van der Waals surface area contributed by atoms with Crippen LogP contribution in [0.5, 0.6) is 0 Å². The van der Waals surface area contributed by atoms with Gasteiger partial charge in [0.25, 0.3) is 0 Å². The number of rotatable bonds is 1. The fraction of sp³-hybridized carbons (Fsp3) is 0.400. The Morgan fingerprint density at radius 2 is 2.30 bits per heavy atom. The van der Waals surface area contributed by atoms with E-state index in [2.05, 4.69) is 9.91 Å². The van der Waals surface area contributed by atoms with Gasteiger partial charge in [0.2, 0.25) is 5.70 Å². The van der Waals surface area contributed by atoms with Crippen molar-refractivity contribution in [3.05, 3.63) is 16.4 Å². The van der Waals surface area contributed by atoms with Crippen LogP contribution in [0.4, 0.5) is 0 Å². The molecule has 1 aliphatic rings. The van der Waals surface area contributed by atoms with Crippen molar-refractivity contribution in [1.82, 2.24) is 0 Å². The molecular weight excluding hydrogens is 138 g/mol. The van der Waals surface area contributed by atoms with Crippen LogP contribution in [0, 0.1) is 4.91 Å². The van der Waals surface area contributed by atoms with Gasteiger partial charge in [0.15, 0.2) is 11.9 Å². The number of nitrogens with zero attached hydrogens (tertiary/aromatic N) is 1. The predicted molar refractivity (Wildman–Crippen MR) is 31.0 cm³/mol. The topological polar surface area (TPSA) is 76.0 Å². The third kappa shape index (κ3) is 0.754. The largest absolute Gasteiger partial charge is 0.506 e. The van der Waals surface area contributed by atoms with Crippen LogP contribution in [0.15, 0.2) is 16.6 Å². The number of esters is 1. The van der Waals surface area contributed by atoms with Crippen LogP contribution in [0.25, 0.3) is 0 Å². The molecule has 0 radical (unpaired) electrons. The summed E-state index contributed by atoms with van der Waals surface area (Å²) in [7, 11) is 0. The average Bonchev–Trinajstić information content (AvgIpc) is 2.09. The van der Waals surface area contributed by atoms with Crippen molar-refractivity contribution >= 4 is 5.97 Å². The second-order valence-electron chi connectivity index (χ2n) is 1.87. The van der Waals surface area contributed by atoms with Crippen LogP contribution in [-0.4, -0.2) is 17.2 Å². The second-order valence-corrected chi connectivity index (χ2v) is 1.87. The van der Waals surface area contributed by atoms with Crippen molar-refractivity contribution in [3.8, 4) is 0 Å². The van der Waals surface area contributed by atoms with E-state index in [0.717, 1.165) is 0 Å². The predicted octanol–water partition coefficient (Wildman–Crippen LogP) is 0.468. The molecule has 0 bridgehead atoms. The SMILES string of the molecule is CC1OC(=O)C(N=O)=C1O. The molecule has 54 valence electrons. The smallest absolute Gasteiger partial charge is 0.365 e. The van der Waals surface area contributed by atoms with Crippen LogP contribution in [-0.2, 0) is 9.53 Å². The van der Waals surface area contributed by atoms with E-state index in [1.807, 2.05) is 0 Å². The molecule has 1 unspecified atom stereocenters. The quantitative estimate of drug-likeness (QED) is 0.427. The number of cyclic esters (lactones) is 1. The highest BCUT2D eigenvalue weighted by Gasteiger charge is 2.32. The van der Waals surface area contributed by atoms with Crippen molar-refractivity contribution in [2.45, 2.75) is 13.0 Å². The highest BCUT2D eigenvalue weighted by molar-refractivity contribution is 5.91. The highest BCUT2D eigenvalue weighted by Crippen LogP contribution is 2.20. The fourth-order valence-electron chi connectivity index (χ4n) is 0.653. The molecule has 1 aliphatic heterocycles. The third-order valence-electron chi connectivity index (χ3n) is 1.20. The Hall–Kier alpha value is -1.39. The summed E-state index contributed by atoms with van der Waals surface area (Å²) in [6.07, 6.45) is -0.736. The first-order valence-corrected chi connectivity index (χ1v) is 2.64. The number of hydrogen-bond donors (Lipinski definition) is 1. The molecule has 1 atom stereocenters. The summed E-state index contributed by atoms with van der Waals surface area (Å²) in [5.74, 6) is -1.25. The number of aliphatic hydroxyl groups excluding tert-OH is 1. The van der Waals surface area contributed by atoms with Gasteiger partial charge < -0.3 is 9.84 Å². The molecule has 10 heavy (non-hydrogen) atoms. The molecule has 0 aliphatic carbocycles. The lowest BCUT2D eigenvalue weighted by Gasteiger charge is -1.98. The Kier molecular flexibility index (Phi) is 1.41. The van der Waals surface area contributed by atoms with Gasteiger partial charge in [-0.2, -0.15) is 0 Å². The maximum atomic E-state index is 10.5. The van der Waals surface area contributed by atoms with Gasteiger partial charge in [-0.3, -0.25) is 0 Å². The summed E-state index contributed by atoms with van der Waals surface area (Å²) in [5, 5.41) is 11.2. The first-order chi connectivity index (χ1) is 4.66. The molecule has 0 saturated carbocycles. The molecule has 1 rings (SSSR count). The van der Waals surface area contributed by atoms with Crippen molar-refractivity contribution in [2.75, 3.05) is 0 Å². The highest BCUT2D eigenvalue weighted by atomic mass is 16.6. The Morgan fingerprint density at radius 3 is 2.50 bits per heavy atom. The fourth-order valence-corrected chi connectivity index (χ4v) is 0.653. The molecule has 0 amide bonds. The molecule has 0 saturated heterocycles. The maximum absolute atomic E-state index is 10.5. The standard InChI is InChI=1S/C5H5NO4/c1-2-4(7)3(6-9)5(8)10-2/h2,7H,1H3. The zero-order valence-corrected chi connectivity index (χ0v) is 5.20. The molecule has 0 spiro atoms. The van der Waals surface area contributed by atoms with Crippen LogP contribution in [0.1, 0.15) is 6.92 Å². The lowest BCUT2D eigenvalue weighted by Crippen LogP contribution is -2.05. The number of carbonyl (C=O) groups excluding carboxylic acids is 1. The first-order valence-electron chi connectivity index (χ1n) is 2.64. The zero-order valence-electron chi connectivity index (χ0n) is 5.20. The van der Waals surface area contributed by atoms with E-state index in [0.29, 0.717) is 0 Å². The molecule has 1 N–H and O–H groups in total. The molecular formula is C5H5NO4. The Morgan fingerprint density at radius 1 is 1.70 bits per heavy atom. The van der Waals surface area contributed by atoms with E-state index in [1.54, 1.807) is 0 Å². The van der Waals surface area contributed by atoms with E-state index in [9.17, 15) is 9.70 Å². The summed E-state index contributed by atoms with van der Waals surface area (Å²) < 4.78 is 4.42. The van der Waals surface area contributed by atoms with Gasteiger partial charge in [-0.25, -0.2) is 4.79 Å². The number of carbonyl (C=O) groups is 1. The van der Waals surface area contributed by atoms with E-state index in [4.69, 9.17) is 5.11 Å². The lowest BCUT2D eigenvalue weighted by atomic mass is 10.3. The molecule has 0 aromatic rings. The van der Waals surface area contributed by atoms with Crippen molar-refractivity contribution < 1.29 is 14.6 Å². The van der Waals surface area contributed by atoms with Crippen molar-refractivity contribution in [3.63, 3.8) is 0 Å². The molecule has 5 heteroatoms. The summed E-state index contributed by atoms with van der Waals surface area (Å²) in [5.41, 5.74) is -0.521. The Labute approximate surface area is 56.3 Å². The van der Waals surface area contributed by atoms with Crippen LogP contribution < -0.4 is 0 Å². The van der Waals surface area contributed by atoms with Gasteiger partial charge in [-0.15, -0.1) is 4.91 Å². The minimum atomic E-state index is -0.861. The van der Waals surface area contributed by atoms with Crippen LogP contribution >= 0.6 is 0 Å². The van der Waals surface area contributed by atoms with Gasteiger partial charge in [0.1, 0.15) is 0 Å². The van der Waals surface area contributed by atoms with Crippen molar-refractivity contribution in [2.24, 2.45) is 5.18 Å². The molecule has 0 fully saturated rings. The number of ether oxygens (including phenoxy) is 1. The summed E-state index contributed by atoms with van der Waals surface area (Å²) >= 11 is 0. The number of nitroso groups, excluding NO2 is 1. The van der Waals surface area contributed by atoms with E-state index in [1.165, 1.54) is 6.92 Å². The first kappa shape index (κ1) is 6.73. The maximum Gasteiger partial charge on any atom is 0.365 e. The third-order valence-corrected chi connectivity index (χ3v) is 1.20.